The van der Waals surface area contributed by atoms with Crippen molar-refractivity contribution in [3.63, 3.8) is 0 Å². The van der Waals surface area contributed by atoms with E-state index >= 15 is 0 Å². The van der Waals surface area contributed by atoms with E-state index in [0.29, 0.717) is 29.7 Å². The van der Waals surface area contributed by atoms with Gasteiger partial charge in [-0.2, -0.15) is 0 Å². The number of carbonyl (C=O) groups is 1. The average Bonchev–Trinajstić information content (AvgIpc) is 3.15. The Kier molecular flexibility index (Phi) is 6.48. The minimum absolute atomic E-state index is 0.123. The Morgan fingerprint density at radius 3 is 2.70 bits per heavy atom. The zero-order valence-corrected chi connectivity index (χ0v) is 21.3. The van der Waals surface area contributed by atoms with E-state index < -0.39 is 0 Å². The van der Waals surface area contributed by atoms with Crippen molar-refractivity contribution in [1.82, 2.24) is 4.90 Å². The molecule has 0 bridgehead atoms. The van der Waals surface area contributed by atoms with E-state index in [0.717, 1.165) is 68.7 Å². The molecule has 0 aromatic heterocycles. The molecule has 4 nitrogen and oxygen atoms in total. The Hall–Kier alpha value is -0.870. The molecule has 0 aromatic carbocycles. The van der Waals surface area contributed by atoms with Gasteiger partial charge in [0, 0.05) is 19.5 Å². The molecule has 4 heteroatoms. The number of amides is 1. The SMILES string of the molecule is C[C@H](CCC(=O)N1CCC[C@H](O)C1)[C@H]1CC[C@H]2[C@@H]3CC=C4C[C@@H](O)CC[C@]4(C)[C@H]3CC[C@]12C. The molecule has 0 spiro atoms. The van der Waals surface area contributed by atoms with E-state index in [2.05, 4.69) is 26.8 Å². The van der Waals surface area contributed by atoms with Crippen LogP contribution >= 0.6 is 0 Å². The van der Waals surface area contributed by atoms with Crippen LogP contribution in [0.1, 0.15) is 97.8 Å². The molecule has 0 aromatic rings. The molecular formula is C29H47NO3. The topological polar surface area (TPSA) is 60.8 Å². The highest BCUT2D eigenvalue weighted by Crippen LogP contribution is 2.67. The third-order valence-corrected chi connectivity index (χ3v) is 11.4. The number of aliphatic hydroxyl groups is 2. The molecule has 5 rings (SSSR count). The van der Waals surface area contributed by atoms with Crippen LogP contribution in [0, 0.1) is 40.4 Å². The minimum atomic E-state index is -0.329. The van der Waals surface area contributed by atoms with Gasteiger partial charge in [0.15, 0.2) is 0 Å². The van der Waals surface area contributed by atoms with Crippen LogP contribution in [0.2, 0.25) is 0 Å². The quantitative estimate of drug-likeness (QED) is 0.561. The fraction of sp³-hybridized carbons (Fsp3) is 0.897. The second-order valence-corrected chi connectivity index (χ2v) is 13.0. The molecule has 186 valence electrons. The molecule has 1 aliphatic heterocycles. The summed E-state index contributed by atoms with van der Waals surface area (Å²) in [5.74, 6) is 3.99. The number of carbonyl (C=O) groups excluding carboxylic acids is 1. The van der Waals surface area contributed by atoms with E-state index in [1.165, 1.54) is 32.1 Å². The maximum absolute atomic E-state index is 12.8. The lowest BCUT2D eigenvalue weighted by atomic mass is 9.47. The second-order valence-electron chi connectivity index (χ2n) is 13.0. The summed E-state index contributed by atoms with van der Waals surface area (Å²) < 4.78 is 0. The summed E-state index contributed by atoms with van der Waals surface area (Å²) in [6.07, 6.45) is 15.1. The average molecular weight is 458 g/mol. The maximum Gasteiger partial charge on any atom is 0.222 e. The predicted molar refractivity (Wildman–Crippen MR) is 131 cm³/mol. The fourth-order valence-electron chi connectivity index (χ4n) is 9.51. The van der Waals surface area contributed by atoms with Gasteiger partial charge in [-0.15, -0.1) is 0 Å². The zero-order valence-electron chi connectivity index (χ0n) is 21.3. The number of nitrogens with zero attached hydrogens (tertiary/aromatic N) is 1. The molecule has 2 N–H and O–H groups in total. The summed E-state index contributed by atoms with van der Waals surface area (Å²) in [4.78, 5) is 14.7. The largest absolute Gasteiger partial charge is 0.393 e. The number of hydrogen-bond acceptors (Lipinski definition) is 3. The Bertz CT molecular complexity index is 779. The summed E-state index contributed by atoms with van der Waals surface area (Å²) in [7, 11) is 0. The Morgan fingerprint density at radius 1 is 1.09 bits per heavy atom. The lowest BCUT2D eigenvalue weighted by Gasteiger charge is -2.58. The van der Waals surface area contributed by atoms with E-state index in [1.807, 2.05) is 4.90 Å². The third kappa shape index (κ3) is 4.11. The van der Waals surface area contributed by atoms with Crippen molar-refractivity contribution in [2.75, 3.05) is 13.1 Å². The van der Waals surface area contributed by atoms with Gasteiger partial charge in [-0.25, -0.2) is 0 Å². The van der Waals surface area contributed by atoms with Crippen LogP contribution in [0.4, 0.5) is 0 Å². The van der Waals surface area contributed by atoms with Crippen molar-refractivity contribution in [3.8, 4) is 0 Å². The van der Waals surface area contributed by atoms with Crippen molar-refractivity contribution in [2.24, 2.45) is 40.4 Å². The molecule has 1 heterocycles. The number of likely N-dealkylation sites (tertiary alicyclic amines) is 1. The number of piperidine rings is 1. The molecule has 33 heavy (non-hydrogen) atoms. The molecule has 4 aliphatic carbocycles. The lowest BCUT2D eigenvalue weighted by molar-refractivity contribution is -0.134. The predicted octanol–water partition coefficient (Wildman–Crippen LogP) is 5.33. The molecule has 9 atom stereocenters. The highest BCUT2D eigenvalue weighted by Gasteiger charge is 2.59. The zero-order chi connectivity index (χ0) is 23.4. The standard InChI is InChI=1S/C29H47NO3/c1-19(6-11-27(33)30-16-4-5-22(32)18-30)24-9-10-25-23-8-7-20-17-21(31)12-14-28(20,2)26(23)13-15-29(24,25)3/h7,19,21-26,31-32H,4-6,8-18H2,1-3H3/t19-,21+,22+,23+,24-,25+,26+,28+,29-/m1/s1. The van der Waals surface area contributed by atoms with Gasteiger partial charge in [-0.05, 0) is 111 Å². The van der Waals surface area contributed by atoms with Crippen molar-refractivity contribution < 1.29 is 15.0 Å². The molecule has 4 fully saturated rings. The summed E-state index contributed by atoms with van der Waals surface area (Å²) in [5, 5.41) is 20.2. The van der Waals surface area contributed by atoms with Crippen LogP contribution in [0.25, 0.3) is 0 Å². The summed E-state index contributed by atoms with van der Waals surface area (Å²) in [6.45, 7) is 8.87. The first-order valence-corrected chi connectivity index (χ1v) is 14.1. The molecule has 0 radical (unpaired) electrons. The van der Waals surface area contributed by atoms with E-state index in [4.69, 9.17) is 0 Å². The minimum Gasteiger partial charge on any atom is -0.393 e. The number of fused-ring (bicyclic) bond motifs is 5. The van der Waals surface area contributed by atoms with E-state index in [1.54, 1.807) is 5.57 Å². The maximum atomic E-state index is 12.8. The second kappa shape index (κ2) is 8.97. The third-order valence-electron chi connectivity index (χ3n) is 11.4. The lowest BCUT2D eigenvalue weighted by Crippen LogP contribution is -2.50. The van der Waals surface area contributed by atoms with Crippen LogP contribution in [-0.2, 0) is 4.79 Å². The van der Waals surface area contributed by atoms with Gasteiger partial charge >= 0.3 is 0 Å². The summed E-state index contributed by atoms with van der Waals surface area (Å²) in [6, 6.07) is 0. The van der Waals surface area contributed by atoms with Crippen molar-refractivity contribution in [1.29, 1.82) is 0 Å². The Balaban J connectivity index is 1.24. The van der Waals surface area contributed by atoms with Crippen LogP contribution in [0.3, 0.4) is 0 Å². The van der Waals surface area contributed by atoms with Gasteiger partial charge in [0.1, 0.15) is 0 Å². The van der Waals surface area contributed by atoms with Crippen LogP contribution in [0.15, 0.2) is 11.6 Å². The van der Waals surface area contributed by atoms with Gasteiger partial charge in [0.05, 0.1) is 12.2 Å². The van der Waals surface area contributed by atoms with Crippen molar-refractivity contribution >= 4 is 5.91 Å². The number of β-amino-alcohol motifs (C(OH)–C–C–N with tert-alkyl or cyclic N) is 1. The number of allylic oxidation sites excluding steroid dienone is 1. The molecule has 5 aliphatic rings. The van der Waals surface area contributed by atoms with Gasteiger partial charge < -0.3 is 15.1 Å². The van der Waals surface area contributed by atoms with Crippen molar-refractivity contribution in [3.05, 3.63) is 11.6 Å². The van der Waals surface area contributed by atoms with Gasteiger partial charge in [-0.3, -0.25) is 4.79 Å². The Morgan fingerprint density at radius 2 is 1.91 bits per heavy atom. The van der Waals surface area contributed by atoms with E-state index in [-0.39, 0.29) is 18.1 Å². The number of aliphatic hydroxyl groups excluding tert-OH is 2. The monoisotopic (exact) mass is 457 g/mol. The molecule has 1 saturated heterocycles. The van der Waals surface area contributed by atoms with Gasteiger partial charge in [0.25, 0.3) is 0 Å². The first kappa shape index (κ1) is 23.9. The Labute approximate surface area is 201 Å². The van der Waals surface area contributed by atoms with Gasteiger partial charge in [0.2, 0.25) is 5.91 Å². The molecule has 0 unspecified atom stereocenters. The fourth-order valence-corrected chi connectivity index (χ4v) is 9.51. The van der Waals surface area contributed by atoms with Crippen LogP contribution in [-0.4, -0.2) is 46.3 Å². The molecule has 3 saturated carbocycles. The van der Waals surface area contributed by atoms with Crippen LogP contribution < -0.4 is 0 Å². The smallest absolute Gasteiger partial charge is 0.222 e. The number of hydrogen-bond donors (Lipinski definition) is 2. The van der Waals surface area contributed by atoms with Crippen molar-refractivity contribution in [2.45, 2.75) is 110 Å². The first-order valence-electron chi connectivity index (χ1n) is 14.1. The highest BCUT2D eigenvalue weighted by atomic mass is 16.3. The van der Waals surface area contributed by atoms with Crippen LogP contribution in [0.5, 0.6) is 0 Å². The molecule has 1 amide bonds. The van der Waals surface area contributed by atoms with Gasteiger partial charge in [-0.1, -0.05) is 32.4 Å². The summed E-state index contributed by atoms with van der Waals surface area (Å²) in [5.41, 5.74) is 2.30. The normalized spacial score (nSPS) is 46.1. The highest BCUT2D eigenvalue weighted by molar-refractivity contribution is 5.76. The van der Waals surface area contributed by atoms with E-state index in [9.17, 15) is 15.0 Å². The number of rotatable bonds is 4. The first-order chi connectivity index (χ1) is 15.7. The summed E-state index contributed by atoms with van der Waals surface area (Å²) >= 11 is 0. The molecular weight excluding hydrogens is 410 g/mol.